The number of aryl methyl sites for hydroxylation is 1. The van der Waals surface area contributed by atoms with Gasteiger partial charge in [-0.2, -0.15) is 0 Å². The number of hydrogen-bond acceptors (Lipinski definition) is 7. The molecule has 2 aromatic carbocycles. The molecule has 0 amide bonds. The second kappa shape index (κ2) is 10.7. The van der Waals surface area contributed by atoms with E-state index in [1.54, 1.807) is 7.11 Å². The van der Waals surface area contributed by atoms with Crippen LogP contribution in [0.1, 0.15) is 62.2 Å². The van der Waals surface area contributed by atoms with Crippen molar-refractivity contribution in [3.05, 3.63) is 81.4 Å². The number of fused-ring (bicyclic) bond motifs is 1. The molecule has 5 rings (SSSR count). The summed E-state index contributed by atoms with van der Waals surface area (Å²) in [5, 5.41) is 13.9. The Morgan fingerprint density at radius 2 is 2.03 bits per heavy atom. The molecule has 2 atom stereocenters. The summed E-state index contributed by atoms with van der Waals surface area (Å²) in [6.45, 7) is 10.1. The molecular formula is C29H36N6O3. The fourth-order valence-electron chi connectivity index (χ4n) is 5.26. The van der Waals surface area contributed by atoms with Gasteiger partial charge in [0.05, 0.1) is 24.3 Å². The first-order chi connectivity index (χ1) is 18.2. The van der Waals surface area contributed by atoms with Crippen LogP contribution < -0.4 is 10.3 Å². The summed E-state index contributed by atoms with van der Waals surface area (Å²) in [5.41, 5.74) is 2.99. The monoisotopic (exact) mass is 516 g/mol. The summed E-state index contributed by atoms with van der Waals surface area (Å²) < 4.78 is 13.4. The van der Waals surface area contributed by atoms with Gasteiger partial charge in [0, 0.05) is 25.3 Å². The van der Waals surface area contributed by atoms with Crippen molar-refractivity contribution in [2.45, 2.75) is 64.8 Å². The normalized spacial score (nSPS) is 16.8. The third-order valence-electron chi connectivity index (χ3n) is 7.13. The molecule has 1 fully saturated rings. The first-order valence-electron chi connectivity index (χ1n) is 13.1. The first kappa shape index (κ1) is 26.1. The topological polar surface area (TPSA) is 98.2 Å². The fraction of sp³-hybridized carbons (Fsp3) is 0.448. The average molecular weight is 517 g/mol. The minimum absolute atomic E-state index is 0.0591. The lowest BCUT2D eigenvalue weighted by Gasteiger charge is -2.34. The van der Waals surface area contributed by atoms with Crippen LogP contribution in [0.2, 0.25) is 0 Å². The van der Waals surface area contributed by atoms with Crippen molar-refractivity contribution in [1.82, 2.24) is 30.1 Å². The van der Waals surface area contributed by atoms with Gasteiger partial charge in [0.15, 0.2) is 5.82 Å². The molecule has 38 heavy (non-hydrogen) atoms. The minimum atomic E-state index is -0.506. The standard InChI is InChI=1S/C29H36N6O3/c1-19-9-6-11-21-16-24(28(36)30-25(19)21)26(27-31-32-33-35(27)29(2,3)4)34(18-23-13-8-14-38-23)17-20-10-7-12-22(15-20)37-5/h6-7,9-12,15-16,23,26H,8,13-14,17-18H2,1-5H3,(H,30,36). The van der Waals surface area contributed by atoms with Crippen molar-refractivity contribution in [2.24, 2.45) is 0 Å². The van der Waals surface area contributed by atoms with Crippen molar-refractivity contribution >= 4 is 10.9 Å². The number of H-pyrrole nitrogens is 1. The third kappa shape index (κ3) is 5.35. The summed E-state index contributed by atoms with van der Waals surface area (Å²) >= 11 is 0. The molecule has 0 aliphatic carbocycles. The number of aromatic amines is 1. The molecule has 200 valence electrons. The highest BCUT2D eigenvalue weighted by atomic mass is 16.5. The van der Waals surface area contributed by atoms with Gasteiger partial charge in [-0.15, -0.1) is 5.10 Å². The SMILES string of the molecule is COc1cccc(CN(CC2CCCO2)C(c2cc3cccc(C)c3[nH]c2=O)c2nnnn2C(C)(C)C)c1. The van der Waals surface area contributed by atoms with Crippen LogP contribution in [0.3, 0.4) is 0 Å². The van der Waals surface area contributed by atoms with Gasteiger partial charge in [-0.25, -0.2) is 4.68 Å². The number of aromatic nitrogens is 5. The summed E-state index contributed by atoms with van der Waals surface area (Å²) in [6.07, 6.45) is 2.06. The van der Waals surface area contributed by atoms with E-state index < -0.39 is 6.04 Å². The molecule has 1 aliphatic heterocycles. The highest BCUT2D eigenvalue weighted by Gasteiger charge is 2.35. The van der Waals surface area contributed by atoms with Crippen LogP contribution in [-0.2, 0) is 16.8 Å². The molecule has 0 bridgehead atoms. The van der Waals surface area contributed by atoms with E-state index in [9.17, 15) is 4.79 Å². The Balaban J connectivity index is 1.70. The summed E-state index contributed by atoms with van der Waals surface area (Å²) in [5.74, 6) is 1.41. The molecular weight excluding hydrogens is 480 g/mol. The van der Waals surface area contributed by atoms with Crippen LogP contribution >= 0.6 is 0 Å². The quantitative estimate of drug-likeness (QED) is 0.372. The van der Waals surface area contributed by atoms with E-state index in [2.05, 4.69) is 52.2 Å². The van der Waals surface area contributed by atoms with Gasteiger partial charge >= 0.3 is 0 Å². The minimum Gasteiger partial charge on any atom is -0.497 e. The molecule has 2 aromatic heterocycles. The maximum atomic E-state index is 13.8. The first-order valence-corrected chi connectivity index (χ1v) is 13.1. The van der Waals surface area contributed by atoms with E-state index >= 15 is 0 Å². The predicted molar refractivity (Wildman–Crippen MR) is 146 cm³/mol. The van der Waals surface area contributed by atoms with E-state index in [0.717, 1.165) is 47.2 Å². The van der Waals surface area contributed by atoms with Gasteiger partial charge in [0.2, 0.25) is 0 Å². The molecule has 9 nitrogen and oxygen atoms in total. The van der Waals surface area contributed by atoms with Crippen molar-refractivity contribution < 1.29 is 9.47 Å². The van der Waals surface area contributed by atoms with E-state index in [0.29, 0.717) is 24.5 Å². The molecule has 9 heteroatoms. The second-order valence-corrected chi connectivity index (χ2v) is 11.0. The van der Waals surface area contributed by atoms with Gasteiger partial charge in [-0.1, -0.05) is 30.3 Å². The Morgan fingerprint density at radius 3 is 2.76 bits per heavy atom. The summed E-state index contributed by atoms with van der Waals surface area (Å²) in [6, 6.07) is 15.5. The molecule has 3 heterocycles. The van der Waals surface area contributed by atoms with E-state index in [4.69, 9.17) is 9.47 Å². The molecule has 4 aromatic rings. The smallest absolute Gasteiger partial charge is 0.253 e. The third-order valence-corrected chi connectivity index (χ3v) is 7.13. The second-order valence-electron chi connectivity index (χ2n) is 11.0. The number of tetrazole rings is 1. The molecule has 0 spiro atoms. The molecule has 1 aliphatic rings. The van der Waals surface area contributed by atoms with Crippen LogP contribution in [0, 0.1) is 6.92 Å². The van der Waals surface area contributed by atoms with Crippen LogP contribution in [0.25, 0.3) is 10.9 Å². The number of rotatable bonds is 8. The Kier molecular flexibility index (Phi) is 7.32. The number of methoxy groups -OCH3 is 1. The van der Waals surface area contributed by atoms with Crippen LogP contribution in [0.5, 0.6) is 5.75 Å². The number of nitrogens with zero attached hydrogens (tertiary/aromatic N) is 5. The van der Waals surface area contributed by atoms with Crippen LogP contribution in [0.4, 0.5) is 0 Å². The predicted octanol–water partition coefficient (Wildman–Crippen LogP) is 4.36. The Labute approximate surface area is 222 Å². The van der Waals surface area contributed by atoms with Gasteiger partial charge in [-0.3, -0.25) is 9.69 Å². The molecule has 1 saturated heterocycles. The van der Waals surface area contributed by atoms with Gasteiger partial charge in [0.1, 0.15) is 11.8 Å². The largest absolute Gasteiger partial charge is 0.497 e. The Morgan fingerprint density at radius 1 is 1.21 bits per heavy atom. The maximum absolute atomic E-state index is 13.8. The number of nitrogens with one attached hydrogen (secondary N) is 1. The van der Waals surface area contributed by atoms with Crippen LogP contribution in [-0.4, -0.2) is 56.5 Å². The molecule has 0 saturated carbocycles. The number of hydrogen-bond donors (Lipinski definition) is 1. The van der Waals surface area contributed by atoms with Gasteiger partial charge < -0.3 is 14.5 Å². The van der Waals surface area contributed by atoms with E-state index in [1.807, 2.05) is 54.1 Å². The highest BCUT2D eigenvalue weighted by Crippen LogP contribution is 2.32. The molecule has 0 radical (unpaired) electrons. The van der Waals surface area contributed by atoms with Gasteiger partial charge in [0.25, 0.3) is 5.56 Å². The lowest BCUT2D eigenvalue weighted by molar-refractivity contribution is 0.0564. The maximum Gasteiger partial charge on any atom is 0.253 e. The summed E-state index contributed by atoms with van der Waals surface area (Å²) in [4.78, 5) is 19.2. The van der Waals surface area contributed by atoms with Crippen LogP contribution in [0.15, 0.2) is 53.3 Å². The number of pyridine rings is 1. The molecule has 2 unspecified atom stereocenters. The number of para-hydroxylation sites is 1. The lowest BCUT2D eigenvalue weighted by Crippen LogP contribution is -2.40. The molecule has 1 N–H and O–H groups in total. The van der Waals surface area contributed by atoms with E-state index in [-0.39, 0.29) is 17.2 Å². The lowest BCUT2D eigenvalue weighted by atomic mass is 9.99. The van der Waals surface area contributed by atoms with Crippen molar-refractivity contribution in [3.63, 3.8) is 0 Å². The zero-order valence-electron chi connectivity index (χ0n) is 22.8. The van der Waals surface area contributed by atoms with Crippen molar-refractivity contribution in [2.75, 3.05) is 20.3 Å². The Hall–Kier alpha value is -3.56. The highest BCUT2D eigenvalue weighted by molar-refractivity contribution is 5.82. The summed E-state index contributed by atoms with van der Waals surface area (Å²) in [7, 11) is 1.67. The average Bonchev–Trinajstić information content (AvgIpc) is 3.58. The van der Waals surface area contributed by atoms with Crippen molar-refractivity contribution in [3.8, 4) is 5.75 Å². The number of benzene rings is 2. The zero-order chi connectivity index (χ0) is 26.9. The Bertz CT molecular complexity index is 1470. The van der Waals surface area contributed by atoms with E-state index in [1.165, 1.54) is 0 Å². The van der Waals surface area contributed by atoms with Crippen molar-refractivity contribution in [1.29, 1.82) is 0 Å². The number of ether oxygens (including phenoxy) is 2. The zero-order valence-corrected chi connectivity index (χ0v) is 22.8. The fourth-order valence-corrected chi connectivity index (χ4v) is 5.26. The van der Waals surface area contributed by atoms with Gasteiger partial charge in [-0.05, 0) is 85.7 Å².